The van der Waals surface area contributed by atoms with E-state index in [0.717, 1.165) is 10.5 Å². The second kappa shape index (κ2) is 3.26. The molecule has 0 bridgehead atoms. The van der Waals surface area contributed by atoms with Gasteiger partial charge >= 0.3 is 17.6 Å². The first-order valence-electron chi connectivity index (χ1n) is 4.06. The molecule has 0 aromatic carbocycles. The van der Waals surface area contributed by atoms with Gasteiger partial charge in [-0.05, 0) is 22.0 Å². The number of rotatable bonds is 2. The number of nitrogens with zero attached hydrogens (tertiary/aromatic N) is 3. The highest BCUT2D eigenvalue weighted by molar-refractivity contribution is 5.86. The molecule has 2 aromatic heterocycles. The van der Waals surface area contributed by atoms with Crippen LogP contribution in [0.25, 0.3) is 5.52 Å². The molecule has 2 rings (SSSR count). The normalized spacial score (nSPS) is 10.6. The van der Waals surface area contributed by atoms with Crippen LogP contribution in [-0.4, -0.2) is 25.4 Å². The van der Waals surface area contributed by atoms with Gasteiger partial charge in [0.1, 0.15) is 0 Å². The van der Waals surface area contributed by atoms with E-state index in [2.05, 4.69) is 4.98 Å². The Balaban J connectivity index is 2.93. The number of halogens is 1. The highest BCUT2D eigenvalue weighted by atomic mass is 19.1. The van der Waals surface area contributed by atoms with E-state index in [1.165, 1.54) is 12.3 Å². The van der Waals surface area contributed by atoms with Crippen molar-refractivity contribution in [3.8, 4) is 0 Å². The first kappa shape index (κ1) is 10.0. The van der Waals surface area contributed by atoms with E-state index in [1.54, 1.807) is 0 Å². The Morgan fingerprint density at radius 1 is 1.62 bits per heavy atom. The fraction of sp³-hybridized carbons (Fsp3) is 0. The topological polar surface area (TPSA) is 97.7 Å². The summed E-state index contributed by atoms with van der Waals surface area (Å²) < 4.78 is 14.2. The molecule has 1 N–H and O–H groups in total. The number of imidazole rings is 1. The Hall–Kier alpha value is -2.51. The van der Waals surface area contributed by atoms with Gasteiger partial charge in [-0.1, -0.05) is 0 Å². The lowest BCUT2D eigenvalue weighted by atomic mass is 10.4. The highest BCUT2D eigenvalue weighted by Gasteiger charge is 2.28. The average Bonchev–Trinajstić information content (AvgIpc) is 2.58. The monoisotopic (exact) mass is 225 g/mol. The molecular weight excluding hydrogens is 221 g/mol. The molecule has 0 radical (unpaired) electrons. The molecule has 2 aromatic rings. The molecule has 0 spiro atoms. The third kappa shape index (κ3) is 1.28. The van der Waals surface area contributed by atoms with Crippen molar-refractivity contribution in [2.45, 2.75) is 0 Å². The van der Waals surface area contributed by atoms with Gasteiger partial charge in [-0.15, -0.1) is 0 Å². The summed E-state index contributed by atoms with van der Waals surface area (Å²) in [6, 6.07) is 2.23. The largest absolute Gasteiger partial charge is 0.474 e. The van der Waals surface area contributed by atoms with Crippen LogP contribution >= 0.6 is 0 Å². The number of nitro groups is 1. The number of carboxylic acid groups (broad SMARTS) is 1. The number of carbonyl (C=O) groups is 1. The summed E-state index contributed by atoms with van der Waals surface area (Å²) in [5.74, 6) is -3.76. The van der Waals surface area contributed by atoms with Gasteiger partial charge in [0.25, 0.3) is 0 Å². The minimum atomic E-state index is -1.46. The zero-order chi connectivity index (χ0) is 11.9. The lowest BCUT2D eigenvalue weighted by molar-refractivity contribution is -0.387. The van der Waals surface area contributed by atoms with Crippen LogP contribution in [0.4, 0.5) is 10.2 Å². The third-order valence-electron chi connectivity index (χ3n) is 1.96. The van der Waals surface area contributed by atoms with E-state index in [4.69, 9.17) is 5.11 Å². The van der Waals surface area contributed by atoms with Gasteiger partial charge in [0.15, 0.2) is 11.3 Å². The third-order valence-corrected chi connectivity index (χ3v) is 1.96. The zero-order valence-electron chi connectivity index (χ0n) is 7.62. The van der Waals surface area contributed by atoms with Gasteiger partial charge in [0, 0.05) is 6.20 Å². The molecule has 8 heteroatoms. The van der Waals surface area contributed by atoms with Gasteiger partial charge in [-0.2, -0.15) is 0 Å². The number of hydrogen-bond donors (Lipinski definition) is 1. The molecule has 0 fully saturated rings. The van der Waals surface area contributed by atoms with Crippen molar-refractivity contribution in [3.05, 3.63) is 40.1 Å². The molecular formula is C8H4FN3O4. The van der Waals surface area contributed by atoms with Crippen molar-refractivity contribution >= 4 is 17.3 Å². The van der Waals surface area contributed by atoms with E-state index in [1.807, 2.05) is 0 Å². The molecule has 0 amide bonds. The predicted molar refractivity (Wildman–Crippen MR) is 48.8 cm³/mol. The van der Waals surface area contributed by atoms with Crippen molar-refractivity contribution in [1.29, 1.82) is 0 Å². The molecule has 16 heavy (non-hydrogen) atoms. The maximum atomic E-state index is 13.3. The van der Waals surface area contributed by atoms with Crippen molar-refractivity contribution in [3.63, 3.8) is 0 Å². The van der Waals surface area contributed by atoms with E-state index in [0.29, 0.717) is 0 Å². The van der Waals surface area contributed by atoms with Gasteiger partial charge in [-0.3, -0.25) is 4.40 Å². The van der Waals surface area contributed by atoms with Crippen LogP contribution < -0.4 is 0 Å². The summed E-state index contributed by atoms with van der Waals surface area (Å²) >= 11 is 0. The Bertz CT molecular complexity index is 607. The number of fused-ring (bicyclic) bond motifs is 1. The summed E-state index contributed by atoms with van der Waals surface area (Å²) in [4.78, 5) is 23.7. The molecule has 0 saturated heterocycles. The summed E-state index contributed by atoms with van der Waals surface area (Å²) in [6.45, 7) is 0. The fourth-order valence-electron chi connectivity index (χ4n) is 1.36. The molecule has 7 nitrogen and oxygen atoms in total. The van der Waals surface area contributed by atoms with Gasteiger partial charge in [0.05, 0.1) is 0 Å². The zero-order valence-corrected chi connectivity index (χ0v) is 7.62. The Morgan fingerprint density at radius 2 is 2.31 bits per heavy atom. The van der Waals surface area contributed by atoms with Crippen LogP contribution in [0.15, 0.2) is 18.3 Å². The summed E-state index contributed by atoms with van der Waals surface area (Å²) in [6.07, 6.45) is 1.20. The smallest absolute Gasteiger partial charge is 0.399 e. The predicted octanol–water partition coefficient (Wildman–Crippen LogP) is 1.08. The number of carboxylic acids is 1. The summed E-state index contributed by atoms with van der Waals surface area (Å²) in [5, 5.41) is 19.3. The molecule has 0 aliphatic carbocycles. The van der Waals surface area contributed by atoms with Crippen LogP contribution in [0.5, 0.6) is 0 Å². The lowest BCUT2D eigenvalue weighted by Crippen LogP contribution is -2.03. The molecule has 2 heterocycles. The Morgan fingerprint density at radius 3 is 2.88 bits per heavy atom. The quantitative estimate of drug-likeness (QED) is 0.609. The summed E-state index contributed by atoms with van der Waals surface area (Å²) in [5.41, 5.74) is -0.454. The van der Waals surface area contributed by atoms with E-state index < -0.39 is 33.9 Å². The standard InChI is InChI=1S/C8H4FN3O4/c9-4-2-1-3-11-5(4)6(12(15)16)10-7(11)8(13)14/h1-3H,(H,13,14). The van der Waals surface area contributed by atoms with Crippen molar-refractivity contribution < 1.29 is 19.2 Å². The molecule has 0 saturated carbocycles. The molecule has 0 aliphatic rings. The maximum absolute atomic E-state index is 13.3. The minimum Gasteiger partial charge on any atom is -0.474 e. The second-order valence-corrected chi connectivity index (χ2v) is 2.90. The minimum absolute atomic E-state index is 0.454. The fourth-order valence-corrected chi connectivity index (χ4v) is 1.36. The van der Waals surface area contributed by atoms with Crippen LogP contribution in [0.2, 0.25) is 0 Å². The van der Waals surface area contributed by atoms with Crippen molar-refractivity contribution in [2.75, 3.05) is 0 Å². The van der Waals surface area contributed by atoms with Gasteiger partial charge < -0.3 is 15.2 Å². The van der Waals surface area contributed by atoms with Gasteiger partial charge in [0.2, 0.25) is 0 Å². The van der Waals surface area contributed by atoms with Crippen LogP contribution in [-0.2, 0) is 0 Å². The molecule has 0 unspecified atom stereocenters. The maximum Gasteiger partial charge on any atom is 0.399 e. The number of hydrogen-bond acceptors (Lipinski definition) is 4. The van der Waals surface area contributed by atoms with E-state index in [-0.39, 0.29) is 0 Å². The van der Waals surface area contributed by atoms with Crippen molar-refractivity contribution in [1.82, 2.24) is 9.38 Å². The highest BCUT2D eigenvalue weighted by Crippen LogP contribution is 2.22. The second-order valence-electron chi connectivity index (χ2n) is 2.90. The molecule has 82 valence electrons. The number of aromatic carboxylic acids is 1. The molecule has 0 atom stereocenters. The molecule has 0 aliphatic heterocycles. The van der Waals surface area contributed by atoms with E-state index in [9.17, 15) is 19.3 Å². The first-order valence-corrected chi connectivity index (χ1v) is 4.06. The SMILES string of the molecule is O=C(O)c1nc([N+](=O)[O-])c2c(F)cccn12. The Labute approximate surface area is 86.9 Å². The van der Waals surface area contributed by atoms with Crippen LogP contribution in [0, 0.1) is 15.9 Å². The average molecular weight is 225 g/mol. The lowest BCUT2D eigenvalue weighted by Gasteiger charge is -1.94. The summed E-state index contributed by atoms with van der Waals surface area (Å²) in [7, 11) is 0. The van der Waals surface area contributed by atoms with Crippen LogP contribution in [0.3, 0.4) is 0 Å². The first-order chi connectivity index (χ1) is 7.52. The van der Waals surface area contributed by atoms with Crippen LogP contribution in [0.1, 0.15) is 10.6 Å². The van der Waals surface area contributed by atoms with Crippen molar-refractivity contribution in [2.24, 2.45) is 0 Å². The number of aromatic nitrogens is 2. The number of pyridine rings is 1. The van der Waals surface area contributed by atoms with Gasteiger partial charge in [-0.25, -0.2) is 9.18 Å². The van der Waals surface area contributed by atoms with E-state index >= 15 is 0 Å². The Kier molecular flexibility index (Phi) is 2.04.